The van der Waals surface area contributed by atoms with E-state index in [1.54, 1.807) is 0 Å². The largest absolute Gasteiger partial charge is 0.416 e. The molecule has 0 aliphatic rings. The zero-order valence-electron chi connectivity index (χ0n) is 8.92. The lowest BCUT2D eigenvalue weighted by Gasteiger charge is -2.07. The molecule has 0 spiro atoms. The second-order valence-electron chi connectivity index (χ2n) is 3.28. The van der Waals surface area contributed by atoms with Gasteiger partial charge in [0.2, 0.25) is 0 Å². The third-order valence-corrected chi connectivity index (χ3v) is 3.84. The van der Waals surface area contributed by atoms with E-state index in [0.29, 0.717) is 10.3 Å². The summed E-state index contributed by atoms with van der Waals surface area (Å²) < 4.78 is 41.6. The van der Waals surface area contributed by atoms with Crippen molar-refractivity contribution in [3.05, 3.63) is 40.1 Å². The van der Waals surface area contributed by atoms with Crippen molar-refractivity contribution < 1.29 is 18.1 Å². The second-order valence-corrected chi connectivity index (χ2v) is 5.40. The van der Waals surface area contributed by atoms with E-state index in [2.05, 4.69) is 9.59 Å². The highest BCUT2D eigenvalue weighted by Crippen LogP contribution is 2.39. The van der Waals surface area contributed by atoms with E-state index in [-0.39, 0.29) is 4.90 Å². The van der Waals surface area contributed by atoms with Gasteiger partial charge in [0.05, 0.1) is 21.6 Å². The van der Waals surface area contributed by atoms with Crippen LogP contribution in [0.5, 0.6) is 0 Å². The van der Waals surface area contributed by atoms with Gasteiger partial charge in [0.1, 0.15) is 4.21 Å². The maximum absolute atomic E-state index is 12.5. The number of nitro benzene ring substituents is 1. The first kappa shape index (κ1) is 13.7. The molecule has 1 aromatic carbocycles. The maximum Gasteiger partial charge on any atom is 0.416 e. The molecule has 19 heavy (non-hydrogen) atoms. The second kappa shape index (κ2) is 5.13. The lowest BCUT2D eigenvalue weighted by Crippen LogP contribution is -2.05. The van der Waals surface area contributed by atoms with Crippen LogP contribution in [-0.2, 0) is 6.18 Å². The summed E-state index contributed by atoms with van der Waals surface area (Å²) >= 11 is 1.96. The van der Waals surface area contributed by atoms with Gasteiger partial charge in [-0.3, -0.25) is 10.1 Å². The summed E-state index contributed by atoms with van der Waals surface area (Å²) in [6.45, 7) is 0. The maximum atomic E-state index is 12.5. The van der Waals surface area contributed by atoms with Crippen molar-refractivity contribution in [3.8, 4) is 0 Å². The molecule has 0 aliphatic heterocycles. The fourth-order valence-corrected chi connectivity index (χ4v) is 2.71. The average molecular weight is 307 g/mol. The Balaban J connectivity index is 2.41. The lowest BCUT2D eigenvalue weighted by molar-refractivity contribution is -0.388. The Kier molecular flexibility index (Phi) is 3.71. The molecule has 10 heteroatoms. The Bertz CT molecular complexity index is 601. The Morgan fingerprint density at radius 1 is 1.37 bits per heavy atom. The van der Waals surface area contributed by atoms with Crippen LogP contribution >= 0.6 is 23.3 Å². The van der Waals surface area contributed by atoms with Crippen molar-refractivity contribution in [3.63, 3.8) is 0 Å². The van der Waals surface area contributed by atoms with Crippen LogP contribution in [0.25, 0.3) is 0 Å². The number of hydrogen-bond acceptors (Lipinski definition) is 6. The molecule has 0 saturated carbocycles. The topological polar surface area (TPSA) is 68.9 Å². The highest BCUT2D eigenvalue weighted by atomic mass is 32.2. The standard InChI is InChI=1S/C9H4F3N3O2S2/c10-9(11,12)5-1-2-7(6(3-5)15(16)17)18-8-4-13-14-19-8/h1-4H. The summed E-state index contributed by atoms with van der Waals surface area (Å²) in [7, 11) is 0. The Morgan fingerprint density at radius 3 is 2.63 bits per heavy atom. The molecule has 0 saturated heterocycles. The number of nitrogens with zero attached hydrogens (tertiary/aromatic N) is 3. The number of alkyl halides is 3. The third-order valence-electron chi connectivity index (χ3n) is 2.03. The van der Waals surface area contributed by atoms with Crippen molar-refractivity contribution >= 4 is 29.0 Å². The van der Waals surface area contributed by atoms with E-state index in [9.17, 15) is 23.3 Å². The van der Waals surface area contributed by atoms with Crippen LogP contribution in [-0.4, -0.2) is 14.5 Å². The Hall–Kier alpha value is -1.68. The van der Waals surface area contributed by atoms with Crippen LogP contribution in [0.15, 0.2) is 33.5 Å². The van der Waals surface area contributed by atoms with Gasteiger partial charge in [0, 0.05) is 6.07 Å². The van der Waals surface area contributed by atoms with Crippen LogP contribution in [0.3, 0.4) is 0 Å². The number of halogens is 3. The van der Waals surface area contributed by atoms with E-state index >= 15 is 0 Å². The van der Waals surface area contributed by atoms with Crippen molar-refractivity contribution in [2.24, 2.45) is 0 Å². The van der Waals surface area contributed by atoms with Gasteiger partial charge in [-0.2, -0.15) is 13.2 Å². The zero-order valence-corrected chi connectivity index (χ0v) is 10.6. The summed E-state index contributed by atoms with van der Waals surface area (Å²) in [5.41, 5.74) is -1.64. The molecular weight excluding hydrogens is 303 g/mol. The molecule has 1 heterocycles. The van der Waals surface area contributed by atoms with Gasteiger partial charge in [-0.15, -0.1) is 5.10 Å². The highest BCUT2D eigenvalue weighted by molar-refractivity contribution is 8.01. The monoisotopic (exact) mass is 307 g/mol. The van der Waals surface area contributed by atoms with Gasteiger partial charge in [-0.25, -0.2) is 0 Å². The SMILES string of the molecule is O=[N+]([O-])c1cc(C(F)(F)F)ccc1Sc1cnns1. The minimum absolute atomic E-state index is 0.115. The minimum Gasteiger partial charge on any atom is -0.258 e. The molecule has 0 N–H and O–H groups in total. The fraction of sp³-hybridized carbons (Fsp3) is 0.111. The van der Waals surface area contributed by atoms with Gasteiger partial charge in [0.15, 0.2) is 0 Å². The first-order chi connectivity index (χ1) is 8.88. The number of benzene rings is 1. The molecule has 0 aliphatic carbocycles. The predicted molar refractivity (Wildman–Crippen MR) is 62.1 cm³/mol. The van der Waals surface area contributed by atoms with E-state index in [1.165, 1.54) is 6.20 Å². The highest BCUT2D eigenvalue weighted by Gasteiger charge is 2.33. The number of nitro groups is 1. The smallest absolute Gasteiger partial charge is 0.258 e. The van der Waals surface area contributed by atoms with Gasteiger partial charge in [-0.05, 0) is 23.7 Å². The van der Waals surface area contributed by atoms with Crippen LogP contribution in [0.1, 0.15) is 5.56 Å². The number of hydrogen-bond donors (Lipinski definition) is 0. The molecule has 0 unspecified atom stereocenters. The molecule has 2 rings (SSSR count). The quantitative estimate of drug-likeness (QED) is 0.640. The first-order valence-corrected chi connectivity index (χ1v) is 6.28. The summed E-state index contributed by atoms with van der Waals surface area (Å²) in [6.07, 6.45) is -3.23. The van der Waals surface area contributed by atoms with Crippen molar-refractivity contribution in [1.29, 1.82) is 0 Å². The predicted octanol–water partition coefficient (Wildman–Crippen LogP) is 3.62. The van der Waals surface area contributed by atoms with Crippen LogP contribution < -0.4 is 0 Å². The molecule has 0 amide bonds. The minimum atomic E-state index is -4.61. The molecule has 100 valence electrons. The summed E-state index contributed by atoms with van der Waals surface area (Å²) in [6, 6.07) is 2.41. The van der Waals surface area contributed by atoms with Crippen molar-refractivity contribution in [2.45, 2.75) is 15.3 Å². The fourth-order valence-electron chi connectivity index (χ4n) is 1.23. The van der Waals surface area contributed by atoms with Gasteiger partial charge in [0.25, 0.3) is 5.69 Å². The summed E-state index contributed by atoms with van der Waals surface area (Å²) in [4.78, 5) is 10.1. The summed E-state index contributed by atoms with van der Waals surface area (Å²) in [5.74, 6) is 0. The molecule has 0 fully saturated rings. The molecule has 0 atom stereocenters. The lowest BCUT2D eigenvalue weighted by atomic mass is 10.2. The normalized spacial score (nSPS) is 11.5. The van der Waals surface area contributed by atoms with Crippen molar-refractivity contribution in [1.82, 2.24) is 9.59 Å². The summed E-state index contributed by atoms with van der Waals surface area (Å²) in [5, 5.41) is 14.4. The Labute approximate surface area is 112 Å². The van der Waals surface area contributed by atoms with E-state index in [4.69, 9.17) is 0 Å². The molecule has 0 radical (unpaired) electrons. The van der Waals surface area contributed by atoms with Gasteiger partial charge < -0.3 is 0 Å². The molecule has 5 nitrogen and oxygen atoms in total. The van der Waals surface area contributed by atoms with Crippen molar-refractivity contribution in [2.75, 3.05) is 0 Å². The zero-order chi connectivity index (χ0) is 14.0. The molecule has 0 bridgehead atoms. The van der Waals surface area contributed by atoms with Gasteiger partial charge in [-0.1, -0.05) is 16.3 Å². The molecule has 2 aromatic rings. The third kappa shape index (κ3) is 3.20. The van der Waals surface area contributed by atoms with E-state index in [1.807, 2.05) is 0 Å². The molecular formula is C9H4F3N3O2S2. The van der Waals surface area contributed by atoms with Crippen LogP contribution in [0.4, 0.5) is 18.9 Å². The average Bonchev–Trinajstić information content (AvgIpc) is 2.80. The molecule has 1 aromatic heterocycles. The first-order valence-electron chi connectivity index (χ1n) is 4.69. The number of aromatic nitrogens is 2. The number of rotatable bonds is 3. The Morgan fingerprint density at radius 2 is 2.11 bits per heavy atom. The van der Waals surface area contributed by atoms with Crippen LogP contribution in [0.2, 0.25) is 0 Å². The van der Waals surface area contributed by atoms with Crippen LogP contribution in [0, 0.1) is 10.1 Å². The van der Waals surface area contributed by atoms with E-state index < -0.39 is 22.4 Å². The van der Waals surface area contributed by atoms with E-state index in [0.717, 1.165) is 35.4 Å². The van der Waals surface area contributed by atoms with Gasteiger partial charge >= 0.3 is 6.18 Å².